The van der Waals surface area contributed by atoms with Crippen molar-refractivity contribution in [2.24, 2.45) is 0 Å². The minimum Gasteiger partial charge on any atom is -0.482 e. The predicted molar refractivity (Wildman–Crippen MR) is 73.6 cm³/mol. The lowest BCUT2D eigenvalue weighted by Crippen LogP contribution is -2.20. The number of amides is 1. The molecule has 0 aliphatic heterocycles. The fraction of sp³-hybridized carbons (Fsp3) is 0.231. The van der Waals surface area contributed by atoms with Gasteiger partial charge in [0.2, 0.25) is 0 Å². The molecule has 0 saturated carbocycles. The highest BCUT2D eigenvalue weighted by molar-refractivity contribution is 6.32. The van der Waals surface area contributed by atoms with Gasteiger partial charge in [-0.1, -0.05) is 17.7 Å². The van der Waals surface area contributed by atoms with Crippen LogP contribution in [-0.2, 0) is 4.79 Å². The van der Waals surface area contributed by atoms with Crippen LogP contribution in [0.1, 0.15) is 11.3 Å². The van der Waals surface area contributed by atoms with E-state index in [-0.39, 0.29) is 12.5 Å². The summed E-state index contributed by atoms with van der Waals surface area (Å²) in [5.74, 6) is 0.681. The zero-order chi connectivity index (χ0) is 13.8. The molecule has 2 aromatic rings. The second-order valence-corrected chi connectivity index (χ2v) is 4.61. The molecule has 0 radical (unpaired) electrons. The molecular weight excluding hydrogens is 266 g/mol. The summed E-state index contributed by atoms with van der Waals surface area (Å²) in [5, 5.41) is 9.74. The van der Waals surface area contributed by atoms with E-state index < -0.39 is 0 Å². The van der Waals surface area contributed by atoms with E-state index in [0.717, 1.165) is 11.3 Å². The first kappa shape index (κ1) is 13.4. The summed E-state index contributed by atoms with van der Waals surface area (Å²) < 4.78 is 5.38. The average molecular weight is 280 g/mol. The van der Waals surface area contributed by atoms with Crippen LogP contribution < -0.4 is 10.1 Å². The van der Waals surface area contributed by atoms with Gasteiger partial charge in [0.05, 0.1) is 5.02 Å². The van der Waals surface area contributed by atoms with E-state index in [4.69, 9.17) is 16.3 Å². The Bertz CT molecular complexity index is 595. The van der Waals surface area contributed by atoms with E-state index in [9.17, 15) is 4.79 Å². The van der Waals surface area contributed by atoms with Gasteiger partial charge in [-0.3, -0.25) is 9.89 Å². The first-order valence-electron chi connectivity index (χ1n) is 5.75. The Labute approximate surface area is 115 Å². The molecule has 6 heteroatoms. The van der Waals surface area contributed by atoms with Gasteiger partial charge in [0, 0.05) is 11.8 Å². The Morgan fingerprint density at radius 2 is 2.21 bits per heavy atom. The molecule has 1 aromatic carbocycles. The zero-order valence-corrected chi connectivity index (χ0v) is 11.4. The molecule has 2 N–H and O–H groups in total. The number of aryl methyl sites for hydroxylation is 2. The monoisotopic (exact) mass is 279 g/mol. The van der Waals surface area contributed by atoms with Crippen molar-refractivity contribution < 1.29 is 9.53 Å². The Balaban J connectivity index is 1.91. The lowest BCUT2D eigenvalue weighted by Gasteiger charge is -2.08. The van der Waals surface area contributed by atoms with Crippen molar-refractivity contribution in [1.82, 2.24) is 10.2 Å². The standard InChI is InChI=1S/C13H14ClN3O2/c1-8-3-4-10(14)11(5-8)19-7-13(18)15-12-6-9(2)16-17-12/h3-6H,7H2,1-2H3,(H2,15,16,17,18). The lowest BCUT2D eigenvalue weighted by atomic mass is 10.2. The van der Waals surface area contributed by atoms with Crippen LogP contribution in [0.15, 0.2) is 24.3 Å². The number of carbonyl (C=O) groups is 1. The van der Waals surface area contributed by atoms with E-state index in [1.165, 1.54) is 0 Å². The van der Waals surface area contributed by atoms with Crippen molar-refractivity contribution in [3.8, 4) is 5.75 Å². The normalized spacial score (nSPS) is 10.3. The molecule has 1 aromatic heterocycles. The number of nitrogens with zero attached hydrogens (tertiary/aromatic N) is 1. The zero-order valence-electron chi connectivity index (χ0n) is 10.7. The maximum Gasteiger partial charge on any atom is 0.263 e. The minimum absolute atomic E-state index is 0.116. The van der Waals surface area contributed by atoms with Crippen molar-refractivity contribution in [2.45, 2.75) is 13.8 Å². The van der Waals surface area contributed by atoms with Gasteiger partial charge in [0.1, 0.15) is 5.75 Å². The Morgan fingerprint density at radius 3 is 2.89 bits per heavy atom. The molecule has 0 spiro atoms. The molecule has 100 valence electrons. The van der Waals surface area contributed by atoms with E-state index in [2.05, 4.69) is 15.5 Å². The first-order valence-corrected chi connectivity index (χ1v) is 6.13. The minimum atomic E-state index is -0.288. The number of hydrogen-bond donors (Lipinski definition) is 2. The van der Waals surface area contributed by atoms with Crippen LogP contribution in [0.3, 0.4) is 0 Å². The van der Waals surface area contributed by atoms with E-state index in [1.807, 2.05) is 19.9 Å². The topological polar surface area (TPSA) is 67.0 Å². The van der Waals surface area contributed by atoms with E-state index >= 15 is 0 Å². The van der Waals surface area contributed by atoms with Crippen LogP contribution in [0.25, 0.3) is 0 Å². The number of aromatic amines is 1. The van der Waals surface area contributed by atoms with Crippen LogP contribution in [0, 0.1) is 13.8 Å². The number of anilines is 1. The fourth-order valence-electron chi connectivity index (χ4n) is 1.53. The fourth-order valence-corrected chi connectivity index (χ4v) is 1.70. The summed E-state index contributed by atoms with van der Waals surface area (Å²) in [6, 6.07) is 7.13. The van der Waals surface area contributed by atoms with Crippen LogP contribution in [0.5, 0.6) is 5.75 Å². The number of hydrogen-bond acceptors (Lipinski definition) is 3. The van der Waals surface area contributed by atoms with E-state index in [0.29, 0.717) is 16.6 Å². The third kappa shape index (κ3) is 3.72. The molecule has 0 aliphatic carbocycles. The van der Waals surface area contributed by atoms with Crippen LogP contribution in [-0.4, -0.2) is 22.7 Å². The number of halogens is 1. The van der Waals surface area contributed by atoms with Crippen molar-refractivity contribution in [2.75, 3.05) is 11.9 Å². The molecule has 0 aliphatic rings. The SMILES string of the molecule is Cc1ccc(Cl)c(OCC(=O)Nc2cc(C)[nH]n2)c1. The molecule has 0 unspecified atom stereocenters. The highest BCUT2D eigenvalue weighted by Crippen LogP contribution is 2.25. The van der Waals surface area contributed by atoms with Gasteiger partial charge >= 0.3 is 0 Å². The highest BCUT2D eigenvalue weighted by Gasteiger charge is 2.08. The molecule has 0 bridgehead atoms. The summed E-state index contributed by atoms with van der Waals surface area (Å²) in [6.07, 6.45) is 0. The van der Waals surface area contributed by atoms with Gasteiger partial charge in [0.25, 0.3) is 5.91 Å². The summed E-state index contributed by atoms with van der Waals surface area (Å²) in [5.41, 5.74) is 1.89. The molecule has 19 heavy (non-hydrogen) atoms. The van der Waals surface area contributed by atoms with Crippen LogP contribution in [0.2, 0.25) is 5.02 Å². The molecule has 5 nitrogen and oxygen atoms in total. The Morgan fingerprint density at radius 1 is 1.42 bits per heavy atom. The number of nitrogens with one attached hydrogen (secondary N) is 2. The third-order valence-corrected chi connectivity index (χ3v) is 2.73. The largest absolute Gasteiger partial charge is 0.482 e. The predicted octanol–water partition coefficient (Wildman–Crippen LogP) is 2.70. The molecule has 2 rings (SSSR count). The van der Waals surface area contributed by atoms with Gasteiger partial charge in [-0.05, 0) is 31.5 Å². The van der Waals surface area contributed by atoms with Gasteiger partial charge in [0.15, 0.2) is 12.4 Å². The van der Waals surface area contributed by atoms with Crippen LogP contribution in [0.4, 0.5) is 5.82 Å². The van der Waals surface area contributed by atoms with Gasteiger partial charge in [-0.2, -0.15) is 5.10 Å². The van der Waals surface area contributed by atoms with Crippen molar-refractivity contribution in [3.05, 3.63) is 40.5 Å². The van der Waals surface area contributed by atoms with Crippen molar-refractivity contribution in [1.29, 1.82) is 0 Å². The summed E-state index contributed by atoms with van der Waals surface area (Å²) in [7, 11) is 0. The maximum absolute atomic E-state index is 11.7. The number of rotatable bonds is 4. The third-order valence-electron chi connectivity index (χ3n) is 2.42. The molecule has 0 fully saturated rings. The quantitative estimate of drug-likeness (QED) is 0.904. The number of H-pyrrole nitrogens is 1. The molecule has 1 amide bonds. The maximum atomic E-state index is 11.7. The van der Waals surface area contributed by atoms with Gasteiger partial charge in [-0.15, -0.1) is 0 Å². The number of carbonyl (C=O) groups excluding carboxylic acids is 1. The summed E-state index contributed by atoms with van der Waals surface area (Å²) >= 11 is 5.97. The average Bonchev–Trinajstić information content (AvgIpc) is 2.76. The lowest BCUT2D eigenvalue weighted by molar-refractivity contribution is -0.118. The molecular formula is C13H14ClN3O2. The second kappa shape index (κ2) is 5.75. The summed E-state index contributed by atoms with van der Waals surface area (Å²) in [6.45, 7) is 3.66. The molecule has 1 heterocycles. The van der Waals surface area contributed by atoms with Crippen molar-refractivity contribution in [3.63, 3.8) is 0 Å². The Hall–Kier alpha value is -2.01. The highest BCUT2D eigenvalue weighted by atomic mass is 35.5. The number of benzene rings is 1. The molecule has 0 saturated heterocycles. The van der Waals surface area contributed by atoms with Gasteiger partial charge < -0.3 is 10.1 Å². The molecule has 0 atom stereocenters. The Kier molecular flexibility index (Phi) is 4.06. The van der Waals surface area contributed by atoms with Gasteiger partial charge in [-0.25, -0.2) is 0 Å². The smallest absolute Gasteiger partial charge is 0.263 e. The second-order valence-electron chi connectivity index (χ2n) is 4.21. The van der Waals surface area contributed by atoms with Crippen molar-refractivity contribution >= 4 is 23.3 Å². The number of ether oxygens (including phenoxy) is 1. The first-order chi connectivity index (χ1) is 9.04. The van der Waals surface area contributed by atoms with E-state index in [1.54, 1.807) is 18.2 Å². The van der Waals surface area contributed by atoms with Crippen LogP contribution >= 0.6 is 11.6 Å². The summed E-state index contributed by atoms with van der Waals surface area (Å²) in [4.78, 5) is 11.7. The number of aromatic nitrogens is 2.